The van der Waals surface area contributed by atoms with E-state index >= 15 is 0 Å². The maximum Gasteiger partial charge on any atom is 0.230 e. The predicted molar refractivity (Wildman–Crippen MR) is 86.8 cm³/mol. The van der Waals surface area contributed by atoms with Gasteiger partial charge in [0.05, 0.1) is 12.5 Å². The van der Waals surface area contributed by atoms with Crippen LogP contribution in [0.1, 0.15) is 44.9 Å². The highest BCUT2D eigenvalue weighted by Crippen LogP contribution is 2.57. The van der Waals surface area contributed by atoms with E-state index in [2.05, 4.69) is 5.32 Å². The summed E-state index contributed by atoms with van der Waals surface area (Å²) in [5, 5.41) is 3.18. The largest absolute Gasteiger partial charge is 0.497 e. The van der Waals surface area contributed by atoms with E-state index < -0.39 is 0 Å². The Kier molecular flexibility index (Phi) is 3.39. The van der Waals surface area contributed by atoms with Gasteiger partial charge in [0.25, 0.3) is 0 Å². The minimum absolute atomic E-state index is 0.0985. The Morgan fingerprint density at radius 1 is 1.09 bits per heavy atom. The van der Waals surface area contributed by atoms with Gasteiger partial charge in [0, 0.05) is 5.69 Å². The highest BCUT2D eigenvalue weighted by atomic mass is 16.5. The molecule has 0 heterocycles. The summed E-state index contributed by atoms with van der Waals surface area (Å²) in [6, 6.07) is 7.68. The Morgan fingerprint density at radius 3 is 2.36 bits per heavy atom. The Bertz CT molecular complexity index is 551. The standard InChI is InChI=1S/C19H25NO2/c1-22-17-4-2-16(3-5-17)20-18(21)19-7-6-13-8-14(11-19)10-15(9-13)12-19/h2-5,13-15H,6-12H2,1H3,(H,20,21)/t13?,14-,15-,19?/m0/s1. The van der Waals surface area contributed by atoms with Gasteiger partial charge in [0.2, 0.25) is 5.91 Å². The minimum atomic E-state index is -0.0985. The van der Waals surface area contributed by atoms with Crippen molar-refractivity contribution in [3.8, 4) is 5.75 Å². The average molecular weight is 299 g/mol. The van der Waals surface area contributed by atoms with Crippen molar-refractivity contribution < 1.29 is 9.53 Å². The Morgan fingerprint density at radius 2 is 1.73 bits per heavy atom. The van der Waals surface area contributed by atoms with Crippen LogP contribution in [0.3, 0.4) is 0 Å². The average Bonchev–Trinajstić information content (AvgIpc) is 2.73. The summed E-state index contributed by atoms with van der Waals surface area (Å²) in [6.07, 6.45) is 8.68. The van der Waals surface area contributed by atoms with Crippen molar-refractivity contribution in [1.29, 1.82) is 0 Å². The molecule has 0 saturated heterocycles. The fourth-order valence-corrected chi connectivity index (χ4v) is 5.38. The molecule has 3 heteroatoms. The van der Waals surface area contributed by atoms with Gasteiger partial charge >= 0.3 is 0 Å². The molecule has 0 radical (unpaired) electrons. The number of nitrogens with one attached hydrogen (secondary N) is 1. The number of anilines is 1. The number of hydrogen-bond donors (Lipinski definition) is 1. The molecule has 4 aliphatic carbocycles. The zero-order valence-electron chi connectivity index (χ0n) is 13.3. The topological polar surface area (TPSA) is 38.3 Å². The number of ether oxygens (including phenoxy) is 1. The predicted octanol–water partition coefficient (Wildman–Crippen LogP) is 4.24. The highest BCUT2D eigenvalue weighted by Gasteiger charge is 2.51. The third-order valence-corrected chi connectivity index (χ3v) is 6.22. The van der Waals surface area contributed by atoms with E-state index in [9.17, 15) is 4.79 Å². The zero-order valence-corrected chi connectivity index (χ0v) is 13.3. The molecule has 4 bridgehead atoms. The van der Waals surface area contributed by atoms with Gasteiger partial charge in [-0.3, -0.25) is 4.79 Å². The van der Waals surface area contributed by atoms with Gasteiger partial charge in [-0.1, -0.05) is 0 Å². The van der Waals surface area contributed by atoms with Gasteiger partial charge in [-0.15, -0.1) is 0 Å². The lowest BCUT2D eigenvalue weighted by molar-refractivity contribution is -0.130. The molecule has 22 heavy (non-hydrogen) atoms. The molecule has 3 nitrogen and oxygen atoms in total. The molecule has 4 fully saturated rings. The summed E-state index contributed by atoms with van der Waals surface area (Å²) in [4.78, 5) is 13.0. The van der Waals surface area contributed by atoms with Crippen molar-refractivity contribution in [2.75, 3.05) is 12.4 Å². The van der Waals surface area contributed by atoms with E-state index in [-0.39, 0.29) is 11.3 Å². The fraction of sp³-hybridized carbons (Fsp3) is 0.632. The molecular formula is C19H25NO2. The number of benzene rings is 1. The zero-order chi connectivity index (χ0) is 15.2. The summed E-state index contributed by atoms with van der Waals surface area (Å²) in [7, 11) is 1.66. The molecule has 1 aromatic carbocycles. The van der Waals surface area contributed by atoms with Gasteiger partial charge < -0.3 is 10.1 Å². The molecule has 0 aromatic heterocycles. The molecule has 2 atom stereocenters. The number of fused-ring (bicyclic) bond motifs is 1. The summed E-state index contributed by atoms with van der Waals surface area (Å²) in [5.74, 6) is 3.56. The molecule has 118 valence electrons. The summed E-state index contributed by atoms with van der Waals surface area (Å²) < 4.78 is 5.18. The second kappa shape index (κ2) is 5.29. The van der Waals surface area contributed by atoms with Crippen LogP contribution in [-0.4, -0.2) is 13.0 Å². The molecule has 1 aromatic rings. The van der Waals surface area contributed by atoms with Crippen LogP contribution in [0.2, 0.25) is 0 Å². The molecule has 1 amide bonds. The molecule has 1 N–H and O–H groups in total. The summed E-state index contributed by atoms with van der Waals surface area (Å²) in [5.41, 5.74) is 0.789. The summed E-state index contributed by atoms with van der Waals surface area (Å²) >= 11 is 0. The molecule has 0 unspecified atom stereocenters. The first-order valence-electron chi connectivity index (χ1n) is 8.62. The number of carbonyl (C=O) groups excluding carboxylic acids is 1. The summed E-state index contributed by atoms with van der Waals surface area (Å²) in [6.45, 7) is 0. The maximum absolute atomic E-state index is 13.0. The normalized spacial score (nSPS) is 36.0. The lowest BCUT2D eigenvalue weighted by Crippen LogP contribution is -2.42. The lowest BCUT2D eigenvalue weighted by Gasteiger charge is -2.44. The van der Waals surface area contributed by atoms with Crippen molar-refractivity contribution >= 4 is 11.6 Å². The Labute approximate surface area is 132 Å². The third-order valence-electron chi connectivity index (χ3n) is 6.22. The number of methoxy groups -OCH3 is 1. The number of rotatable bonds is 3. The molecule has 0 spiro atoms. The smallest absolute Gasteiger partial charge is 0.230 e. The second-order valence-corrected chi connectivity index (χ2v) is 7.72. The van der Waals surface area contributed by atoms with E-state index in [0.29, 0.717) is 0 Å². The van der Waals surface area contributed by atoms with Crippen LogP contribution in [0.25, 0.3) is 0 Å². The van der Waals surface area contributed by atoms with Gasteiger partial charge in [-0.25, -0.2) is 0 Å². The number of carbonyl (C=O) groups is 1. The van der Waals surface area contributed by atoms with Crippen LogP contribution < -0.4 is 10.1 Å². The molecule has 0 aliphatic heterocycles. The second-order valence-electron chi connectivity index (χ2n) is 7.72. The monoisotopic (exact) mass is 299 g/mol. The molecular weight excluding hydrogens is 274 g/mol. The van der Waals surface area contributed by atoms with E-state index in [0.717, 1.165) is 48.5 Å². The Balaban J connectivity index is 1.53. The number of hydrogen-bond acceptors (Lipinski definition) is 2. The third kappa shape index (κ3) is 2.41. The quantitative estimate of drug-likeness (QED) is 0.906. The van der Waals surface area contributed by atoms with Gasteiger partial charge in [0.1, 0.15) is 5.75 Å². The van der Waals surface area contributed by atoms with Crippen LogP contribution in [0.5, 0.6) is 5.75 Å². The van der Waals surface area contributed by atoms with Crippen LogP contribution in [0.4, 0.5) is 5.69 Å². The minimum Gasteiger partial charge on any atom is -0.497 e. The SMILES string of the molecule is COc1ccc(NC(=O)C23CCC4C[C@@H](C[C@H](C4)C2)C3)cc1. The molecule has 4 saturated carbocycles. The maximum atomic E-state index is 13.0. The van der Waals surface area contributed by atoms with Crippen LogP contribution in [0.15, 0.2) is 24.3 Å². The first kappa shape index (κ1) is 14.1. The van der Waals surface area contributed by atoms with E-state index in [1.807, 2.05) is 24.3 Å². The van der Waals surface area contributed by atoms with E-state index in [4.69, 9.17) is 4.74 Å². The molecule has 4 aliphatic rings. The highest BCUT2D eigenvalue weighted by molar-refractivity contribution is 5.95. The lowest BCUT2D eigenvalue weighted by atomic mass is 9.61. The first-order valence-corrected chi connectivity index (χ1v) is 8.62. The fourth-order valence-electron chi connectivity index (χ4n) is 5.38. The van der Waals surface area contributed by atoms with Gasteiger partial charge in [-0.05, 0) is 87.0 Å². The van der Waals surface area contributed by atoms with Gasteiger partial charge in [0.15, 0.2) is 0 Å². The Hall–Kier alpha value is -1.51. The van der Waals surface area contributed by atoms with Crippen molar-refractivity contribution in [1.82, 2.24) is 0 Å². The van der Waals surface area contributed by atoms with Crippen LogP contribution in [-0.2, 0) is 4.79 Å². The van der Waals surface area contributed by atoms with Crippen molar-refractivity contribution in [2.24, 2.45) is 23.2 Å². The molecule has 5 rings (SSSR count). The van der Waals surface area contributed by atoms with E-state index in [1.165, 1.54) is 25.7 Å². The van der Waals surface area contributed by atoms with Gasteiger partial charge in [-0.2, -0.15) is 0 Å². The van der Waals surface area contributed by atoms with E-state index in [1.54, 1.807) is 7.11 Å². The van der Waals surface area contributed by atoms with Crippen LogP contribution in [0, 0.1) is 23.2 Å². The van der Waals surface area contributed by atoms with Crippen molar-refractivity contribution in [3.63, 3.8) is 0 Å². The number of amides is 1. The van der Waals surface area contributed by atoms with Crippen molar-refractivity contribution in [2.45, 2.75) is 44.9 Å². The van der Waals surface area contributed by atoms with Crippen LogP contribution >= 0.6 is 0 Å². The first-order chi connectivity index (χ1) is 10.7. The van der Waals surface area contributed by atoms with Crippen molar-refractivity contribution in [3.05, 3.63) is 24.3 Å².